The van der Waals surface area contributed by atoms with Gasteiger partial charge in [-0.1, -0.05) is 43.7 Å². The van der Waals surface area contributed by atoms with Gasteiger partial charge in [-0.05, 0) is 80.7 Å². The molecule has 228 valence electrons. The van der Waals surface area contributed by atoms with Crippen LogP contribution in [-0.4, -0.2) is 43.4 Å². The van der Waals surface area contributed by atoms with Gasteiger partial charge >= 0.3 is 5.97 Å². The Morgan fingerprint density at radius 2 is 1.91 bits per heavy atom. The smallest absolute Gasteiger partial charge is 0.338 e. The number of hydrogen-bond donors (Lipinski definition) is 0. The van der Waals surface area contributed by atoms with Crippen LogP contribution in [0.15, 0.2) is 53.6 Å². The zero-order chi connectivity index (χ0) is 30.8. The summed E-state index contributed by atoms with van der Waals surface area (Å²) >= 11 is 0. The molecule has 9 nitrogen and oxygen atoms in total. The van der Waals surface area contributed by atoms with E-state index in [2.05, 4.69) is 16.2 Å². The maximum atomic E-state index is 15.6. The molecule has 0 spiro atoms. The van der Waals surface area contributed by atoms with Gasteiger partial charge < -0.3 is 9.47 Å². The van der Waals surface area contributed by atoms with E-state index in [-0.39, 0.29) is 30.1 Å². The molecule has 2 heterocycles. The molecule has 0 unspecified atom stereocenters. The number of aromatic nitrogens is 4. The molecule has 10 heteroatoms. The molecule has 2 aliphatic rings. The number of nitriles is 1. The lowest BCUT2D eigenvalue weighted by molar-refractivity contribution is -0.166. The van der Waals surface area contributed by atoms with Gasteiger partial charge in [0.2, 0.25) is 5.78 Å². The molecule has 0 N–H and O–H groups in total. The van der Waals surface area contributed by atoms with E-state index in [0.29, 0.717) is 85.1 Å². The van der Waals surface area contributed by atoms with Crippen LogP contribution in [0.2, 0.25) is 0 Å². The van der Waals surface area contributed by atoms with Crippen molar-refractivity contribution < 1.29 is 18.7 Å². The van der Waals surface area contributed by atoms with Crippen molar-refractivity contribution in [2.45, 2.75) is 89.4 Å². The highest BCUT2D eigenvalue weighted by Crippen LogP contribution is 2.44. The Morgan fingerprint density at radius 3 is 2.59 bits per heavy atom. The van der Waals surface area contributed by atoms with Crippen LogP contribution in [0.25, 0.3) is 16.9 Å². The van der Waals surface area contributed by atoms with Gasteiger partial charge in [0, 0.05) is 18.0 Å². The van der Waals surface area contributed by atoms with E-state index in [1.165, 1.54) is 12.4 Å². The first-order valence-electron chi connectivity index (χ1n) is 15.5. The topological polar surface area (TPSA) is 112 Å². The zero-order valence-corrected chi connectivity index (χ0v) is 25.1. The second-order valence-electron chi connectivity index (χ2n) is 11.7. The number of rotatable bonds is 10. The molecule has 6 rings (SSSR count). The zero-order valence-electron chi connectivity index (χ0n) is 25.1. The molecule has 2 aliphatic carbocycles. The van der Waals surface area contributed by atoms with E-state index in [1.807, 2.05) is 13.0 Å². The number of esters is 1. The maximum Gasteiger partial charge on any atom is 0.338 e. The molecule has 0 atom stereocenters. The van der Waals surface area contributed by atoms with Gasteiger partial charge in [-0.15, -0.1) is 0 Å². The number of hydrogen-bond acceptors (Lipinski definition) is 7. The summed E-state index contributed by atoms with van der Waals surface area (Å²) in [5.74, 6) is -0.231. The van der Waals surface area contributed by atoms with Gasteiger partial charge in [-0.3, -0.25) is 9.36 Å². The summed E-state index contributed by atoms with van der Waals surface area (Å²) in [6.45, 7) is 4.15. The van der Waals surface area contributed by atoms with Crippen molar-refractivity contribution in [3.05, 3.63) is 87.3 Å². The molecule has 44 heavy (non-hydrogen) atoms. The van der Waals surface area contributed by atoms with Gasteiger partial charge in [0.05, 0.1) is 30.0 Å². The van der Waals surface area contributed by atoms with Gasteiger partial charge in [0.1, 0.15) is 12.1 Å². The molecule has 2 fully saturated rings. The summed E-state index contributed by atoms with van der Waals surface area (Å²) in [6, 6.07) is 14.1. The molecule has 0 bridgehead atoms. The van der Waals surface area contributed by atoms with E-state index < -0.39 is 11.4 Å². The van der Waals surface area contributed by atoms with E-state index in [4.69, 9.17) is 9.47 Å². The van der Waals surface area contributed by atoms with Crippen molar-refractivity contribution >= 4 is 11.7 Å². The van der Waals surface area contributed by atoms with Crippen LogP contribution >= 0.6 is 0 Å². The average Bonchev–Trinajstić information content (AvgIpc) is 3.66. The summed E-state index contributed by atoms with van der Waals surface area (Å²) < 4.78 is 30.6. The molecular weight excluding hydrogens is 561 g/mol. The van der Waals surface area contributed by atoms with Gasteiger partial charge in [0.25, 0.3) is 5.56 Å². The number of nitrogens with zero attached hydrogens (tertiary/aromatic N) is 5. The van der Waals surface area contributed by atoms with Crippen molar-refractivity contribution in [1.82, 2.24) is 19.2 Å². The number of carbonyl (C=O) groups excluding carboxylic acids is 1. The summed E-state index contributed by atoms with van der Waals surface area (Å²) in [4.78, 5) is 31.2. The molecule has 4 aromatic rings. The van der Waals surface area contributed by atoms with Crippen molar-refractivity contribution in [2.75, 3.05) is 6.61 Å². The number of halogens is 1. The van der Waals surface area contributed by atoms with Crippen LogP contribution in [-0.2, 0) is 27.1 Å². The minimum atomic E-state index is -0.810. The fraction of sp³-hybridized carbons (Fsp3) is 0.441. The lowest BCUT2D eigenvalue weighted by Gasteiger charge is -2.32. The molecule has 0 radical (unpaired) electrons. The second-order valence-corrected chi connectivity index (χ2v) is 11.7. The minimum absolute atomic E-state index is 0.0830. The third-order valence-corrected chi connectivity index (χ3v) is 8.84. The van der Waals surface area contributed by atoms with Gasteiger partial charge in [-0.2, -0.15) is 15.3 Å². The van der Waals surface area contributed by atoms with Crippen LogP contribution in [0.3, 0.4) is 0 Å². The van der Waals surface area contributed by atoms with E-state index in [9.17, 15) is 14.9 Å². The third-order valence-electron chi connectivity index (χ3n) is 8.84. The molecule has 2 aromatic heterocycles. The molecule has 2 saturated carbocycles. The SMILES string of the molecule is CCCc1c(Cc2ccc(-c3ccccc3C#N)cc2F)c(=O)n(C2CCC(OC3(C(=O)OCC)CC3)CC2)c2ncnn12. The highest BCUT2D eigenvalue weighted by atomic mass is 19.1. The lowest BCUT2D eigenvalue weighted by atomic mass is 9.92. The van der Waals surface area contributed by atoms with Gasteiger partial charge in [0.15, 0.2) is 5.60 Å². The summed E-state index contributed by atoms with van der Waals surface area (Å²) in [7, 11) is 0. The van der Waals surface area contributed by atoms with Crippen molar-refractivity contribution in [3.63, 3.8) is 0 Å². The number of ether oxygens (including phenoxy) is 2. The number of aryl methyl sites for hydroxylation is 1. The maximum absolute atomic E-state index is 15.6. The highest BCUT2D eigenvalue weighted by Gasteiger charge is 2.54. The van der Waals surface area contributed by atoms with Crippen molar-refractivity contribution in [2.24, 2.45) is 0 Å². The normalized spacial score (nSPS) is 19.0. The van der Waals surface area contributed by atoms with Crippen LogP contribution < -0.4 is 5.56 Å². The quantitative estimate of drug-likeness (QED) is 0.215. The Labute approximate surface area is 255 Å². The molecule has 0 amide bonds. The average molecular weight is 598 g/mol. The Kier molecular flexibility index (Phi) is 8.32. The first-order chi connectivity index (χ1) is 21.4. The lowest BCUT2D eigenvalue weighted by Crippen LogP contribution is -2.38. The predicted molar refractivity (Wildman–Crippen MR) is 162 cm³/mol. The Hall–Kier alpha value is -4.36. The molecule has 0 saturated heterocycles. The number of carbonyl (C=O) groups is 1. The van der Waals surface area contributed by atoms with Crippen LogP contribution in [0.5, 0.6) is 0 Å². The van der Waals surface area contributed by atoms with E-state index >= 15 is 4.39 Å². The Bertz CT molecular complexity index is 1790. The first-order valence-corrected chi connectivity index (χ1v) is 15.5. The van der Waals surface area contributed by atoms with Crippen LogP contribution in [0.1, 0.15) is 87.2 Å². The monoisotopic (exact) mass is 597 g/mol. The molecule has 2 aromatic carbocycles. The van der Waals surface area contributed by atoms with Crippen LogP contribution in [0.4, 0.5) is 4.39 Å². The summed E-state index contributed by atoms with van der Waals surface area (Å²) in [6.07, 6.45) is 6.97. The van der Waals surface area contributed by atoms with Gasteiger partial charge in [-0.25, -0.2) is 13.7 Å². The fourth-order valence-corrected chi connectivity index (χ4v) is 6.45. The Morgan fingerprint density at radius 1 is 1.14 bits per heavy atom. The molecular formula is C34H36FN5O4. The Balaban J connectivity index is 1.30. The predicted octanol–water partition coefficient (Wildman–Crippen LogP) is 5.71. The van der Waals surface area contributed by atoms with Crippen molar-refractivity contribution in [1.29, 1.82) is 5.26 Å². The van der Waals surface area contributed by atoms with Crippen molar-refractivity contribution in [3.8, 4) is 17.2 Å². The molecule has 0 aliphatic heterocycles. The van der Waals surface area contributed by atoms with E-state index in [1.54, 1.807) is 46.3 Å². The fourth-order valence-electron chi connectivity index (χ4n) is 6.45. The second kappa shape index (κ2) is 12.3. The highest BCUT2D eigenvalue weighted by molar-refractivity contribution is 5.82. The standard InChI is InChI=1S/C34H36FN5O4/c1-3-7-30-28(18-23-11-10-22(19-29(23)35)27-9-6-5-8-24(27)20-36)31(41)39(33-37-21-38-40(30)33)25-12-14-26(15-13-25)44-34(16-17-34)32(42)43-4-2/h5-6,8-11,19,21,25-26H,3-4,7,12-18H2,1-2H3. The summed E-state index contributed by atoms with van der Waals surface area (Å²) in [5.41, 5.74) is 2.39. The summed E-state index contributed by atoms with van der Waals surface area (Å²) in [5, 5.41) is 14.0. The first kappa shape index (κ1) is 29.7. The third kappa shape index (κ3) is 5.52. The van der Waals surface area contributed by atoms with Crippen LogP contribution in [0, 0.1) is 17.1 Å². The largest absolute Gasteiger partial charge is 0.464 e. The minimum Gasteiger partial charge on any atom is -0.464 e. The number of benzene rings is 2. The van der Waals surface area contributed by atoms with E-state index in [0.717, 1.165) is 12.1 Å². The number of fused-ring (bicyclic) bond motifs is 1.